The van der Waals surface area contributed by atoms with Crippen LogP contribution in [0.15, 0.2) is 53.7 Å². The molecule has 1 atom stereocenters. The van der Waals surface area contributed by atoms with E-state index in [1.54, 1.807) is 19.2 Å². The summed E-state index contributed by atoms with van der Waals surface area (Å²) in [5, 5.41) is 12.1. The zero-order valence-corrected chi connectivity index (χ0v) is 18.5. The number of amides is 1. The van der Waals surface area contributed by atoms with Gasteiger partial charge < -0.3 is 19.4 Å². The van der Waals surface area contributed by atoms with Crippen molar-refractivity contribution in [1.29, 1.82) is 0 Å². The second kappa shape index (κ2) is 10.4. The summed E-state index contributed by atoms with van der Waals surface area (Å²) in [6, 6.07) is 14.8. The molecule has 0 fully saturated rings. The van der Waals surface area contributed by atoms with Gasteiger partial charge in [0, 0.05) is 13.6 Å². The SMILES string of the molecule is COc1ccc(CNC(=O)C(C)Sc2nnc(COc3ccccc3Cl)n2C)cc1. The van der Waals surface area contributed by atoms with Crippen LogP contribution in [-0.2, 0) is 25.0 Å². The van der Waals surface area contributed by atoms with Gasteiger partial charge in [-0.25, -0.2) is 0 Å². The monoisotopic (exact) mass is 446 g/mol. The highest BCUT2D eigenvalue weighted by Gasteiger charge is 2.19. The molecule has 0 radical (unpaired) electrons. The number of rotatable bonds is 9. The van der Waals surface area contributed by atoms with Crippen molar-refractivity contribution in [2.75, 3.05) is 7.11 Å². The fraction of sp³-hybridized carbons (Fsp3) is 0.286. The quantitative estimate of drug-likeness (QED) is 0.503. The normalized spacial score (nSPS) is 11.7. The molecule has 1 heterocycles. The van der Waals surface area contributed by atoms with Crippen LogP contribution >= 0.6 is 23.4 Å². The first-order valence-corrected chi connectivity index (χ1v) is 10.6. The Morgan fingerprint density at radius 1 is 1.20 bits per heavy atom. The van der Waals surface area contributed by atoms with Crippen molar-refractivity contribution in [2.45, 2.75) is 30.5 Å². The van der Waals surface area contributed by atoms with Crippen LogP contribution in [0.5, 0.6) is 11.5 Å². The number of nitrogens with zero attached hydrogens (tertiary/aromatic N) is 3. The maximum Gasteiger partial charge on any atom is 0.233 e. The molecule has 0 bridgehead atoms. The summed E-state index contributed by atoms with van der Waals surface area (Å²) in [5.41, 5.74) is 0.999. The molecule has 0 saturated heterocycles. The highest BCUT2D eigenvalue weighted by Crippen LogP contribution is 2.25. The number of thioether (sulfide) groups is 1. The van der Waals surface area contributed by atoms with Crippen LogP contribution in [0.25, 0.3) is 0 Å². The molecule has 1 N–H and O–H groups in total. The third-order valence-corrected chi connectivity index (χ3v) is 5.84. The molecule has 3 rings (SSSR count). The minimum Gasteiger partial charge on any atom is -0.497 e. The third-order valence-electron chi connectivity index (χ3n) is 4.40. The predicted octanol–water partition coefficient (Wildman–Crippen LogP) is 3.85. The van der Waals surface area contributed by atoms with Gasteiger partial charge in [0.05, 0.1) is 17.4 Å². The van der Waals surface area contributed by atoms with Crippen LogP contribution in [0.1, 0.15) is 18.3 Å². The van der Waals surface area contributed by atoms with Gasteiger partial charge in [0.25, 0.3) is 0 Å². The smallest absolute Gasteiger partial charge is 0.233 e. The van der Waals surface area contributed by atoms with E-state index in [9.17, 15) is 4.79 Å². The van der Waals surface area contributed by atoms with Crippen LogP contribution in [0.4, 0.5) is 0 Å². The molecule has 0 aliphatic carbocycles. The van der Waals surface area contributed by atoms with Crippen LogP contribution in [0.3, 0.4) is 0 Å². The van der Waals surface area contributed by atoms with Gasteiger partial charge in [-0.15, -0.1) is 10.2 Å². The van der Waals surface area contributed by atoms with Crippen molar-refractivity contribution in [3.63, 3.8) is 0 Å². The average molecular weight is 447 g/mol. The van der Waals surface area contributed by atoms with Gasteiger partial charge in [-0.1, -0.05) is 47.6 Å². The van der Waals surface area contributed by atoms with Gasteiger partial charge in [-0.3, -0.25) is 4.79 Å². The first-order valence-electron chi connectivity index (χ1n) is 9.31. The van der Waals surface area contributed by atoms with Crippen molar-refractivity contribution < 1.29 is 14.3 Å². The van der Waals surface area contributed by atoms with E-state index in [1.807, 2.05) is 54.9 Å². The van der Waals surface area contributed by atoms with E-state index >= 15 is 0 Å². The van der Waals surface area contributed by atoms with Crippen LogP contribution in [-0.4, -0.2) is 33.0 Å². The van der Waals surface area contributed by atoms with E-state index in [0.29, 0.717) is 28.3 Å². The Bertz CT molecular complexity index is 994. The molecule has 30 heavy (non-hydrogen) atoms. The molecule has 0 aliphatic heterocycles. The van der Waals surface area contributed by atoms with Gasteiger partial charge >= 0.3 is 0 Å². The summed E-state index contributed by atoms with van der Waals surface area (Å²) < 4.78 is 12.7. The Hall–Kier alpha value is -2.71. The lowest BCUT2D eigenvalue weighted by Gasteiger charge is -2.12. The second-order valence-electron chi connectivity index (χ2n) is 6.50. The summed E-state index contributed by atoms with van der Waals surface area (Å²) in [5.74, 6) is 1.93. The highest BCUT2D eigenvalue weighted by molar-refractivity contribution is 8.00. The first kappa shape index (κ1) is 22.0. The minimum atomic E-state index is -0.330. The highest BCUT2D eigenvalue weighted by atomic mass is 35.5. The van der Waals surface area contributed by atoms with E-state index < -0.39 is 0 Å². The molecule has 0 spiro atoms. The maximum absolute atomic E-state index is 12.5. The van der Waals surface area contributed by atoms with Gasteiger partial charge in [-0.05, 0) is 36.8 Å². The zero-order valence-electron chi connectivity index (χ0n) is 17.0. The predicted molar refractivity (Wildman–Crippen MR) is 117 cm³/mol. The number of benzene rings is 2. The minimum absolute atomic E-state index is 0.0762. The zero-order chi connectivity index (χ0) is 21.5. The molecule has 3 aromatic rings. The van der Waals surface area contributed by atoms with Crippen molar-refractivity contribution in [3.05, 3.63) is 64.9 Å². The van der Waals surface area contributed by atoms with Crippen LogP contribution in [0.2, 0.25) is 5.02 Å². The molecular weight excluding hydrogens is 424 g/mol. The standard InChI is InChI=1S/C21H23ClN4O3S/c1-14(20(27)23-12-15-8-10-16(28-3)11-9-15)30-21-25-24-19(26(21)2)13-29-18-7-5-4-6-17(18)22/h4-11,14H,12-13H2,1-3H3,(H,23,27). The van der Waals surface area contributed by atoms with Crippen molar-refractivity contribution in [3.8, 4) is 11.5 Å². The van der Waals surface area contributed by atoms with Gasteiger partial charge in [0.1, 0.15) is 18.1 Å². The number of para-hydroxylation sites is 1. The number of ether oxygens (including phenoxy) is 2. The first-order chi connectivity index (χ1) is 14.5. The molecule has 1 unspecified atom stereocenters. The van der Waals surface area contributed by atoms with Crippen molar-refractivity contribution in [1.82, 2.24) is 20.1 Å². The molecule has 2 aromatic carbocycles. The third kappa shape index (κ3) is 5.67. The lowest BCUT2D eigenvalue weighted by Crippen LogP contribution is -2.30. The van der Waals surface area contributed by atoms with Crippen molar-refractivity contribution >= 4 is 29.3 Å². The Kier molecular flexibility index (Phi) is 7.59. The number of halogens is 1. The molecule has 1 aromatic heterocycles. The largest absolute Gasteiger partial charge is 0.497 e. The summed E-state index contributed by atoms with van der Waals surface area (Å²) in [4.78, 5) is 12.5. The summed E-state index contributed by atoms with van der Waals surface area (Å²) in [7, 11) is 3.46. The summed E-state index contributed by atoms with van der Waals surface area (Å²) in [6.45, 7) is 2.51. The topological polar surface area (TPSA) is 78.3 Å². The number of hydrogen-bond acceptors (Lipinski definition) is 6. The number of hydrogen-bond donors (Lipinski definition) is 1. The number of nitrogens with one attached hydrogen (secondary N) is 1. The molecule has 158 valence electrons. The Morgan fingerprint density at radius 3 is 2.63 bits per heavy atom. The molecule has 7 nitrogen and oxygen atoms in total. The maximum atomic E-state index is 12.5. The van der Waals surface area contributed by atoms with Crippen LogP contribution in [0, 0.1) is 0 Å². The van der Waals surface area contributed by atoms with Gasteiger partial charge in [0.2, 0.25) is 5.91 Å². The molecule has 9 heteroatoms. The van der Waals surface area contributed by atoms with Crippen molar-refractivity contribution in [2.24, 2.45) is 7.05 Å². The van der Waals surface area contributed by atoms with E-state index in [0.717, 1.165) is 11.3 Å². The van der Waals surface area contributed by atoms with E-state index in [4.69, 9.17) is 21.1 Å². The van der Waals surface area contributed by atoms with Gasteiger partial charge in [-0.2, -0.15) is 0 Å². The number of aromatic nitrogens is 3. The number of carbonyl (C=O) groups is 1. The fourth-order valence-electron chi connectivity index (χ4n) is 2.57. The summed E-state index contributed by atoms with van der Waals surface area (Å²) >= 11 is 7.45. The van der Waals surface area contributed by atoms with E-state index in [1.165, 1.54) is 11.8 Å². The Balaban J connectivity index is 1.52. The van der Waals surface area contributed by atoms with Gasteiger partial charge in [0.15, 0.2) is 11.0 Å². The van der Waals surface area contributed by atoms with E-state index in [-0.39, 0.29) is 17.8 Å². The van der Waals surface area contributed by atoms with E-state index in [2.05, 4.69) is 15.5 Å². The molecule has 0 saturated carbocycles. The average Bonchev–Trinajstić information content (AvgIpc) is 3.11. The van der Waals surface area contributed by atoms with Crippen LogP contribution < -0.4 is 14.8 Å². The summed E-state index contributed by atoms with van der Waals surface area (Å²) in [6.07, 6.45) is 0. The Morgan fingerprint density at radius 2 is 1.93 bits per heavy atom. The second-order valence-corrected chi connectivity index (χ2v) is 8.22. The molecule has 1 amide bonds. The fourth-order valence-corrected chi connectivity index (χ4v) is 3.61. The number of carbonyl (C=O) groups excluding carboxylic acids is 1. The lowest BCUT2D eigenvalue weighted by atomic mass is 10.2. The Labute approximate surface area is 184 Å². The lowest BCUT2D eigenvalue weighted by molar-refractivity contribution is -0.120. The number of methoxy groups -OCH3 is 1. The molecule has 0 aliphatic rings. The molecular formula is C21H23ClN4O3S.